The summed E-state index contributed by atoms with van der Waals surface area (Å²) in [5, 5.41) is 9.30. The van der Waals surface area contributed by atoms with E-state index in [1.165, 1.54) is 5.56 Å². The molecule has 7 nitrogen and oxygen atoms in total. The van der Waals surface area contributed by atoms with E-state index in [1.54, 1.807) is 36.9 Å². The average Bonchev–Trinajstić information content (AvgIpc) is 2.80. The molecule has 31 heavy (non-hydrogen) atoms. The zero-order valence-electron chi connectivity index (χ0n) is 18.4. The number of methoxy groups -OCH3 is 1. The summed E-state index contributed by atoms with van der Waals surface area (Å²) >= 11 is 0. The van der Waals surface area contributed by atoms with Gasteiger partial charge in [0.25, 0.3) is 5.56 Å². The molecule has 4 rings (SSSR count). The van der Waals surface area contributed by atoms with Gasteiger partial charge in [-0.15, -0.1) is 0 Å². The summed E-state index contributed by atoms with van der Waals surface area (Å²) < 4.78 is 6.85. The molecule has 160 valence electrons. The van der Waals surface area contributed by atoms with Gasteiger partial charge in [-0.2, -0.15) is 5.26 Å². The third-order valence-corrected chi connectivity index (χ3v) is 6.30. The second kappa shape index (κ2) is 8.40. The minimum Gasteiger partial charge on any atom is -0.497 e. The molecule has 3 aromatic rings. The smallest absolute Gasteiger partial charge is 0.252 e. The number of benzene rings is 1. The normalized spacial score (nSPS) is 18.0. The van der Waals surface area contributed by atoms with Crippen molar-refractivity contribution in [2.24, 2.45) is 7.05 Å². The van der Waals surface area contributed by atoms with E-state index in [1.807, 2.05) is 12.1 Å². The van der Waals surface area contributed by atoms with Crippen molar-refractivity contribution in [1.82, 2.24) is 14.5 Å². The topological polar surface area (TPSA) is 74.4 Å². The van der Waals surface area contributed by atoms with Crippen LogP contribution in [0.5, 0.6) is 5.75 Å². The van der Waals surface area contributed by atoms with Crippen LogP contribution in [0.3, 0.4) is 0 Å². The lowest BCUT2D eigenvalue weighted by atomic mass is 10.0. The Labute approximate surface area is 182 Å². The quantitative estimate of drug-likeness (QED) is 0.650. The maximum Gasteiger partial charge on any atom is 0.252 e. The van der Waals surface area contributed by atoms with Crippen molar-refractivity contribution >= 4 is 16.7 Å². The van der Waals surface area contributed by atoms with Crippen LogP contribution in [0, 0.1) is 11.3 Å². The van der Waals surface area contributed by atoms with Crippen molar-refractivity contribution in [2.45, 2.75) is 25.9 Å². The highest BCUT2D eigenvalue weighted by Crippen LogP contribution is 2.30. The highest BCUT2D eigenvalue weighted by Gasteiger charge is 2.29. The van der Waals surface area contributed by atoms with E-state index >= 15 is 0 Å². The van der Waals surface area contributed by atoms with Crippen molar-refractivity contribution in [2.75, 3.05) is 31.6 Å². The van der Waals surface area contributed by atoms with Gasteiger partial charge in [-0.1, -0.05) is 12.1 Å². The number of hydrogen-bond donors (Lipinski definition) is 0. The van der Waals surface area contributed by atoms with E-state index in [0.29, 0.717) is 11.2 Å². The number of rotatable bonds is 4. The van der Waals surface area contributed by atoms with Crippen LogP contribution in [0.1, 0.15) is 31.1 Å². The zero-order valence-corrected chi connectivity index (χ0v) is 18.4. The van der Waals surface area contributed by atoms with Crippen molar-refractivity contribution in [3.63, 3.8) is 0 Å². The number of aryl methyl sites for hydroxylation is 1. The average molecular weight is 418 g/mol. The molecule has 0 amide bonds. The Bertz CT molecular complexity index is 1200. The molecule has 7 heteroatoms. The van der Waals surface area contributed by atoms with Crippen LogP contribution in [0.4, 0.5) is 5.69 Å². The Morgan fingerprint density at radius 1 is 1.19 bits per heavy atom. The molecule has 3 heterocycles. The van der Waals surface area contributed by atoms with Crippen molar-refractivity contribution in [3.8, 4) is 11.8 Å². The van der Waals surface area contributed by atoms with Crippen molar-refractivity contribution in [1.29, 1.82) is 5.26 Å². The SMILES string of the molecule is COc1ccc(C(C)N2CCN(c3cc(=O)n(C)c4ccc(C#N)nc34)[C@@H](C)C2)cc1. The van der Waals surface area contributed by atoms with Crippen LogP contribution in [0.15, 0.2) is 47.3 Å². The molecule has 0 aliphatic carbocycles. The highest BCUT2D eigenvalue weighted by molar-refractivity contribution is 5.88. The van der Waals surface area contributed by atoms with Gasteiger partial charge in [0.2, 0.25) is 0 Å². The predicted molar refractivity (Wildman–Crippen MR) is 121 cm³/mol. The number of ether oxygens (including phenoxy) is 1. The number of nitrogens with zero attached hydrogens (tertiary/aromatic N) is 5. The van der Waals surface area contributed by atoms with E-state index in [0.717, 1.165) is 36.6 Å². The van der Waals surface area contributed by atoms with Gasteiger partial charge in [-0.05, 0) is 43.7 Å². The number of hydrogen-bond acceptors (Lipinski definition) is 6. The maximum absolute atomic E-state index is 12.6. The third-order valence-electron chi connectivity index (χ3n) is 6.30. The molecule has 0 spiro atoms. The minimum absolute atomic E-state index is 0.0739. The summed E-state index contributed by atoms with van der Waals surface area (Å²) in [6.07, 6.45) is 0. The standard InChI is InChI=1S/C24H27N5O2/c1-16-15-28(17(2)18-5-8-20(31-4)9-6-18)11-12-29(16)22-13-23(30)27(3)21-10-7-19(14-25)26-24(21)22/h5-10,13,16-17H,11-12,15H2,1-4H3/t16-,17?/m0/s1. The molecule has 1 unspecified atom stereocenters. The van der Waals surface area contributed by atoms with Gasteiger partial charge >= 0.3 is 0 Å². The van der Waals surface area contributed by atoms with Gasteiger partial charge in [0.15, 0.2) is 0 Å². The highest BCUT2D eigenvalue weighted by atomic mass is 16.5. The van der Waals surface area contributed by atoms with E-state index in [9.17, 15) is 10.1 Å². The molecule has 0 bridgehead atoms. The fraction of sp³-hybridized carbons (Fsp3) is 0.375. The first-order chi connectivity index (χ1) is 14.9. The Hall–Kier alpha value is -3.37. The van der Waals surface area contributed by atoms with Crippen LogP contribution in [-0.2, 0) is 7.05 Å². The molecule has 0 saturated carbocycles. The molecular formula is C24H27N5O2. The molecular weight excluding hydrogens is 390 g/mol. The van der Waals surface area contributed by atoms with Crippen molar-refractivity contribution in [3.05, 3.63) is 64.1 Å². The monoisotopic (exact) mass is 417 g/mol. The largest absolute Gasteiger partial charge is 0.497 e. The lowest BCUT2D eigenvalue weighted by molar-refractivity contribution is 0.176. The molecule has 1 aromatic carbocycles. The van der Waals surface area contributed by atoms with Gasteiger partial charge in [0.05, 0.1) is 18.3 Å². The van der Waals surface area contributed by atoms with Gasteiger partial charge in [-0.25, -0.2) is 4.98 Å². The molecule has 1 aliphatic heterocycles. The summed E-state index contributed by atoms with van der Waals surface area (Å²) in [6, 6.07) is 15.9. The van der Waals surface area contributed by atoms with Crippen LogP contribution >= 0.6 is 0 Å². The van der Waals surface area contributed by atoms with E-state index in [4.69, 9.17) is 4.74 Å². The predicted octanol–water partition coefficient (Wildman–Crippen LogP) is 3.09. The lowest BCUT2D eigenvalue weighted by Crippen LogP contribution is -2.52. The third kappa shape index (κ3) is 3.87. The van der Waals surface area contributed by atoms with Crippen LogP contribution in [-0.4, -0.2) is 47.2 Å². The summed E-state index contributed by atoms with van der Waals surface area (Å²) in [5.41, 5.74) is 3.77. The number of piperazine rings is 1. The number of anilines is 1. The first kappa shape index (κ1) is 20.9. The minimum atomic E-state index is -0.0739. The fourth-order valence-electron chi connectivity index (χ4n) is 4.38. The number of nitriles is 1. The van der Waals surface area contributed by atoms with Gasteiger partial charge in [0, 0.05) is 44.8 Å². The van der Waals surface area contributed by atoms with Crippen LogP contribution in [0.25, 0.3) is 11.0 Å². The van der Waals surface area contributed by atoms with Gasteiger partial charge < -0.3 is 14.2 Å². The molecule has 2 atom stereocenters. The summed E-state index contributed by atoms with van der Waals surface area (Å²) in [7, 11) is 3.41. The second-order valence-electron chi connectivity index (χ2n) is 8.09. The molecule has 0 radical (unpaired) electrons. The molecule has 1 saturated heterocycles. The summed E-state index contributed by atoms with van der Waals surface area (Å²) in [5.74, 6) is 0.857. The molecule has 1 aliphatic rings. The van der Waals surface area contributed by atoms with Crippen LogP contribution in [0.2, 0.25) is 0 Å². The first-order valence-corrected chi connectivity index (χ1v) is 10.5. The number of fused-ring (bicyclic) bond motifs is 1. The molecule has 0 N–H and O–H groups in total. The fourth-order valence-corrected chi connectivity index (χ4v) is 4.38. The first-order valence-electron chi connectivity index (χ1n) is 10.5. The Morgan fingerprint density at radius 3 is 2.58 bits per heavy atom. The number of pyridine rings is 2. The van der Waals surface area contributed by atoms with Crippen molar-refractivity contribution < 1.29 is 4.74 Å². The van der Waals surface area contributed by atoms with Crippen LogP contribution < -0.4 is 15.2 Å². The second-order valence-corrected chi connectivity index (χ2v) is 8.09. The van der Waals surface area contributed by atoms with E-state index < -0.39 is 0 Å². The maximum atomic E-state index is 12.6. The molecule has 2 aromatic heterocycles. The Balaban J connectivity index is 1.62. The lowest BCUT2D eigenvalue weighted by Gasteiger charge is -2.43. The van der Waals surface area contributed by atoms with E-state index in [2.05, 4.69) is 46.8 Å². The van der Waals surface area contributed by atoms with E-state index in [-0.39, 0.29) is 17.6 Å². The number of aromatic nitrogens is 2. The van der Waals surface area contributed by atoms with Gasteiger partial charge in [-0.3, -0.25) is 9.69 Å². The Morgan fingerprint density at radius 2 is 1.94 bits per heavy atom. The molecule has 1 fully saturated rings. The Kier molecular flexibility index (Phi) is 5.66. The summed E-state index contributed by atoms with van der Waals surface area (Å²) in [4.78, 5) is 21.8. The summed E-state index contributed by atoms with van der Waals surface area (Å²) in [6.45, 7) is 6.90. The van der Waals surface area contributed by atoms with Gasteiger partial charge in [0.1, 0.15) is 23.0 Å². The zero-order chi connectivity index (χ0) is 22.1.